The van der Waals surface area contributed by atoms with Gasteiger partial charge in [-0.2, -0.15) is 0 Å². The van der Waals surface area contributed by atoms with Crippen molar-refractivity contribution in [3.05, 3.63) is 133 Å². The largest absolute Gasteiger partial charge is 0.281 e. The van der Waals surface area contributed by atoms with Crippen LogP contribution in [0.3, 0.4) is 0 Å². The monoisotopic (exact) mass is 567 g/mol. The molecular formula is C34H22N3PS2. The SMILES string of the molecule is S=P(c1ccccc1)(c1ccccc1)c1ccc(-c2nc3ccccc3c3nc4sc5ccccc5n4c23)cc1. The van der Waals surface area contributed by atoms with E-state index in [0.29, 0.717) is 0 Å². The summed E-state index contributed by atoms with van der Waals surface area (Å²) in [5.41, 5.74) is 6.12. The van der Waals surface area contributed by atoms with Crippen molar-refractivity contribution in [1.29, 1.82) is 0 Å². The predicted octanol–water partition coefficient (Wildman–Crippen LogP) is 7.67. The Morgan fingerprint density at radius 2 is 1.20 bits per heavy atom. The van der Waals surface area contributed by atoms with Crippen molar-refractivity contribution in [3.8, 4) is 11.3 Å². The molecule has 0 radical (unpaired) electrons. The van der Waals surface area contributed by atoms with Gasteiger partial charge in [-0.1, -0.05) is 138 Å². The summed E-state index contributed by atoms with van der Waals surface area (Å²) in [5.74, 6) is 0. The fourth-order valence-electron chi connectivity index (χ4n) is 5.62. The Hall–Kier alpha value is -4.15. The molecule has 8 aromatic rings. The number of aromatic nitrogens is 3. The van der Waals surface area contributed by atoms with E-state index in [9.17, 15) is 0 Å². The van der Waals surface area contributed by atoms with Crippen LogP contribution in [0.2, 0.25) is 0 Å². The van der Waals surface area contributed by atoms with Gasteiger partial charge in [0.1, 0.15) is 11.0 Å². The summed E-state index contributed by atoms with van der Waals surface area (Å²) in [4.78, 5) is 11.3. The highest BCUT2D eigenvalue weighted by Gasteiger charge is 2.25. The molecule has 0 bridgehead atoms. The summed E-state index contributed by atoms with van der Waals surface area (Å²) < 4.78 is 3.49. The van der Waals surface area contributed by atoms with Crippen LogP contribution in [-0.4, -0.2) is 14.4 Å². The van der Waals surface area contributed by atoms with E-state index in [0.717, 1.165) is 43.7 Å². The summed E-state index contributed by atoms with van der Waals surface area (Å²) in [7, 11) is 0. The molecule has 5 aromatic carbocycles. The Morgan fingerprint density at radius 3 is 1.93 bits per heavy atom. The number of pyridine rings is 1. The third-order valence-electron chi connectivity index (χ3n) is 7.51. The number of para-hydroxylation sites is 2. The third kappa shape index (κ3) is 3.52. The Bertz CT molecular complexity index is 2190. The van der Waals surface area contributed by atoms with Gasteiger partial charge in [-0.3, -0.25) is 4.40 Å². The molecule has 0 N–H and O–H groups in total. The molecule has 0 aliphatic carbocycles. The molecule has 0 unspecified atom stereocenters. The highest BCUT2D eigenvalue weighted by molar-refractivity contribution is 8.25. The van der Waals surface area contributed by atoms with Gasteiger partial charge in [0.15, 0.2) is 4.96 Å². The summed E-state index contributed by atoms with van der Waals surface area (Å²) in [6.45, 7) is 0. The van der Waals surface area contributed by atoms with Gasteiger partial charge in [0.25, 0.3) is 0 Å². The number of imidazole rings is 1. The van der Waals surface area contributed by atoms with E-state index in [-0.39, 0.29) is 0 Å². The van der Waals surface area contributed by atoms with Crippen LogP contribution < -0.4 is 15.9 Å². The fraction of sp³-hybridized carbons (Fsp3) is 0. The molecule has 8 rings (SSSR count). The molecular weight excluding hydrogens is 546 g/mol. The number of benzene rings is 5. The van der Waals surface area contributed by atoms with Gasteiger partial charge in [0, 0.05) is 17.0 Å². The standard InChI is InChI=1S/C34H22N3PS2/c39-38(24-11-3-1-4-12-24,25-13-5-2-6-14-25)26-21-19-23(20-22-26)31-33-32(27-15-7-8-16-28(27)35-31)36-34-37(33)29-17-9-10-18-30(29)40-34/h1-22H. The summed E-state index contributed by atoms with van der Waals surface area (Å²) in [6, 6.07) is 44.4. The van der Waals surface area contributed by atoms with Crippen LogP contribution in [0.4, 0.5) is 0 Å². The van der Waals surface area contributed by atoms with Gasteiger partial charge in [-0.15, -0.1) is 0 Å². The van der Waals surface area contributed by atoms with E-state index in [1.807, 2.05) is 18.2 Å². The molecule has 3 nitrogen and oxygen atoms in total. The zero-order chi connectivity index (χ0) is 26.7. The number of nitrogens with zero attached hydrogens (tertiary/aromatic N) is 3. The van der Waals surface area contributed by atoms with E-state index in [4.69, 9.17) is 21.8 Å². The number of thiazole rings is 1. The van der Waals surface area contributed by atoms with E-state index in [1.54, 1.807) is 11.3 Å². The molecule has 0 saturated heterocycles. The first-order chi connectivity index (χ1) is 19.7. The molecule has 0 spiro atoms. The lowest BCUT2D eigenvalue weighted by Gasteiger charge is -2.24. The average molecular weight is 568 g/mol. The highest BCUT2D eigenvalue weighted by atomic mass is 32.4. The lowest BCUT2D eigenvalue weighted by atomic mass is 10.1. The Balaban J connectivity index is 1.38. The second kappa shape index (κ2) is 9.21. The van der Waals surface area contributed by atoms with Crippen LogP contribution in [0.1, 0.15) is 0 Å². The second-order valence-electron chi connectivity index (χ2n) is 9.80. The molecule has 0 atom stereocenters. The van der Waals surface area contributed by atoms with Gasteiger partial charge < -0.3 is 0 Å². The topological polar surface area (TPSA) is 30.2 Å². The summed E-state index contributed by atoms with van der Waals surface area (Å²) in [5, 5.41) is 4.62. The van der Waals surface area contributed by atoms with E-state index in [2.05, 4.69) is 120 Å². The van der Waals surface area contributed by atoms with Gasteiger partial charge in [0.05, 0.1) is 21.4 Å². The molecule has 40 heavy (non-hydrogen) atoms. The van der Waals surface area contributed by atoms with E-state index in [1.165, 1.54) is 20.6 Å². The highest BCUT2D eigenvalue weighted by Crippen LogP contribution is 2.43. The molecule has 0 fully saturated rings. The third-order valence-corrected chi connectivity index (χ3v) is 13.5. The van der Waals surface area contributed by atoms with Gasteiger partial charge in [0.2, 0.25) is 0 Å². The quantitative estimate of drug-likeness (QED) is 0.205. The second-order valence-corrected chi connectivity index (χ2v) is 15.2. The molecule has 3 heterocycles. The van der Waals surface area contributed by atoms with Crippen LogP contribution in [-0.2, 0) is 11.8 Å². The molecule has 190 valence electrons. The molecule has 6 heteroatoms. The number of hydrogen-bond acceptors (Lipinski definition) is 4. The number of hydrogen-bond donors (Lipinski definition) is 0. The normalized spacial score (nSPS) is 12.1. The van der Waals surface area contributed by atoms with Crippen LogP contribution in [0, 0.1) is 0 Å². The molecule has 0 aliphatic heterocycles. The lowest BCUT2D eigenvalue weighted by molar-refractivity contribution is 1.32. The van der Waals surface area contributed by atoms with Crippen molar-refractivity contribution in [2.24, 2.45) is 0 Å². The summed E-state index contributed by atoms with van der Waals surface area (Å²) >= 11 is 8.29. The number of fused-ring (bicyclic) bond motifs is 7. The van der Waals surface area contributed by atoms with Crippen molar-refractivity contribution in [2.45, 2.75) is 0 Å². The van der Waals surface area contributed by atoms with Crippen molar-refractivity contribution in [2.75, 3.05) is 0 Å². The van der Waals surface area contributed by atoms with Crippen LogP contribution in [0.25, 0.3) is 48.4 Å². The fourth-order valence-corrected chi connectivity index (χ4v) is 10.4. The smallest absolute Gasteiger partial charge is 0.195 e. The van der Waals surface area contributed by atoms with Crippen LogP contribution >= 0.6 is 17.4 Å². The maximum absolute atomic E-state index is 6.58. The Kier molecular flexibility index (Phi) is 5.46. The maximum Gasteiger partial charge on any atom is 0.195 e. The van der Waals surface area contributed by atoms with Gasteiger partial charge in [-0.05, 0) is 34.1 Å². The average Bonchev–Trinajstić information content (AvgIpc) is 3.58. The van der Waals surface area contributed by atoms with Crippen molar-refractivity contribution < 1.29 is 0 Å². The molecule has 3 aromatic heterocycles. The number of rotatable bonds is 4. The maximum atomic E-state index is 6.58. The minimum Gasteiger partial charge on any atom is -0.281 e. The predicted molar refractivity (Wildman–Crippen MR) is 175 cm³/mol. The van der Waals surface area contributed by atoms with Crippen LogP contribution in [0.15, 0.2) is 133 Å². The zero-order valence-corrected chi connectivity index (χ0v) is 23.8. The lowest BCUT2D eigenvalue weighted by Crippen LogP contribution is -2.24. The van der Waals surface area contributed by atoms with Crippen molar-refractivity contribution in [1.82, 2.24) is 14.4 Å². The van der Waals surface area contributed by atoms with Crippen molar-refractivity contribution >= 4 is 82.2 Å². The zero-order valence-electron chi connectivity index (χ0n) is 21.3. The Labute approximate surface area is 240 Å². The minimum atomic E-state index is -2.23. The van der Waals surface area contributed by atoms with Gasteiger partial charge >= 0.3 is 0 Å². The molecule has 0 amide bonds. The van der Waals surface area contributed by atoms with E-state index >= 15 is 0 Å². The first kappa shape index (κ1) is 23.7. The van der Waals surface area contributed by atoms with Crippen molar-refractivity contribution in [3.63, 3.8) is 0 Å². The minimum absolute atomic E-state index is 0.934. The molecule has 0 saturated carbocycles. The van der Waals surface area contributed by atoms with E-state index < -0.39 is 6.04 Å². The van der Waals surface area contributed by atoms with Crippen LogP contribution in [0.5, 0.6) is 0 Å². The first-order valence-electron chi connectivity index (χ1n) is 13.1. The summed E-state index contributed by atoms with van der Waals surface area (Å²) in [6.07, 6.45) is 0. The Morgan fingerprint density at radius 1 is 0.600 bits per heavy atom. The molecule has 0 aliphatic rings. The van der Waals surface area contributed by atoms with Gasteiger partial charge in [-0.25, -0.2) is 9.97 Å². The first-order valence-corrected chi connectivity index (χ1v) is 16.7.